The van der Waals surface area contributed by atoms with Crippen LogP contribution in [0.4, 0.5) is 5.69 Å². The van der Waals surface area contributed by atoms with Gasteiger partial charge >= 0.3 is 0 Å². The van der Waals surface area contributed by atoms with E-state index < -0.39 is 0 Å². The summed E-state index contributed by atoms with van der Waals surface area (Å²) >= 11 is 5.78. The first-order valence-electron chi connectivity index (χ1n) is 4.95. The topological polar surface area (TPSA) is 70.7 Å². The smallest absolute Gasteiger partial charge is 0.282 e. The van der Waals surface area contributed by atoms with E-state index in [1.54, 1.807) is 31.2 Å². The molecule has 0 saturated heterocycles. The van der Waals surface area contributed by atoms with Crippen molar-refractivity contribution in [1.82, 2.24) is 5.43 Å². The molecule has 0 atom stereocenters. The highest BCUT2D eigenvalue weighted by atomic mass is 35.5. The number of nitrogens with two attached hydrogens (primary N) is 1. The zero-order valence-corrected chi connectivity index (χ0v) is 9.90. The van der Waals surface area contributed by atoms with Crippen LogP contribution in [-0.4, -0.2) is 11.6 Å². The second kappa shape index (κ2) is 4.57. The molecule has 1 aliphatic heterocycles. The Morgan fingerprint density at radius 1 is 1.41 bits per heavy atom. The predicted molar refractivity (Wildman–Crippen MR) is 67.5 cm³/mol. The Labute approximate surface area is 104 Å². The maximum atomic E-state index is 12.0. The monoisotopic (exact) mass is 250 g/mol. The van der Waals surface area contributed by atoms with E-state index >= 15 is 0 Å². The van der Waals surface area contributed by atoms with E-state index in [0.717, 1.165) is 0 Å². The molecule has 0 aliphatic carbocycles. The van der Waals surface area contributed by atoms with Crippen LogP contribution in [0, 0.1) is 0 Å². The van der Waals surface area contributed by atoms with Gasteiger partial charge in [-0.3, -0.25) is 10.6 Å². The molecule has 0 bridgehead atoms. The fraction of sp³-hybridized carbons (Fsp3) is 0.0909. The quantitative estimate of drug-likeness (QED) is 0.474. The Bertz CT molecular complexity index is 507. The molecule has 88 valence electrons. The summed E-state index contributed by atoms with van der Waals surface area (Å²) in [4.78, 5) is 12.0. The summed E-state index contributed by atoms with van der Waals surface area (Å²) < 4.78 is 0. The van der Waals surface area contributed by atoms with Crippen LogP contribution >= 0.6 is 11.6 Å². The Morgan fingerprint density at radius 2 is 2.06 bits per heavy atom. The molecule has 6 heteroatoms. The Morgan fingerprint density at radius 3 is 2.65 bits per heavy atom. The number of benzene rings is 1. The molecule has 1 amide bonds. The summed E-state index contributed by atoms with van der Waals surface area (Å²) in [6, 6.07) is 6.88. The van der Waals surface area contributed by atoms with E-state index in [1.807, 2.05) is 0 Å². The van der Waals surface area contributed by atoms with Crippen LogP contribution < -0.4 is 16.3 Å². The first-order chi connectivity index (χ1) is 8.13. The van der Waals surface area contributed by atoms with Gasteiger partial charge in [0.05, 0.1) is 17.0 Å². The summed E-state index contributed by atoms with van der Waals surface area (Å²) in [5.74, 6) is 4.95. The van der Waals surface area contributed by atoms with Gasteiger partial charge in [-0.25, -0.2) is 0 Å². The first kappa shape index (κ1) is 11.6. The third-order valence-electron chi connectivity index (χ3n) is 2.36. The van der Waals surface area contributed by atoms with Crippen molar-refractivity contribution in [2.24, 2.45) is 10.9 Å². The van der Waals surface area contributed by atoms with Crippen molar-refractivity contribution < 1.29 is 4.79 Å². The number of carbonyl (C=O) groups is 1. The fourth-order valence-electron chi connectivity index (χ4n) is 1.52. The summed E-state index contributed by atoms with van der Waals surface area (Å²) in [6.45, 7) is 1.75. The van der Waals surface area contributed by atoms with Crippen LogP contribution in [0.2, 0.25) is 5.02 Å². The van der Waals surface area contributed by atoms with Gasteiger partial charge in [0.15, 0.2) is 0 Å². The lowest BCUT2D eigenvalue weighted by Crippen LogP contribution is -2.24. The Hall–Kier alpha value is -1.85. The number of carbonyl (C=O) groups excluding carboxylic acids is 1. The van der Waals surface area contributed by atoms with Crippen molar-refractivity contribution in [2.75, 3.05) is 5.01 Å². The molecule has 0 aromatic heterocycles. The zero-order valence-electron chi connectivity index (χ0n) is 9.14. The zero-order chi connectivity index (χ0) is 12.4. The summed E-state index contributed by atoms with van der Waals surface area (Å²) in [5.41, 5.74) is 4.07. The van der Waals surface area contributed by atoms with E-state index in [2.05, 4.69) is 10.5 Å². The number of rotatable bonds is 2. The van der Waals surface area contributed by atoms with Gasteiger partial charge < -0.3 is 5.43 Å². The van der Waals surface area contributed by atoms with Gasteiger partial charge in [-0.15, -0.1) is 0 Å². The maximum Gasteiger partial charge on any atom is 0.282 e. The second-order valence-corrected chi connectivity index (χ2v) is 3.94. The van der Waals surface area contributed by atoms with Crippen molar-refractivity contribution in [3.05, 3.63) is 41.1 Å². The van der Waals surface area contributed by atoms with Crippen LogP contribution in [0.15, 0.2) is 41.1 Å². The lowest BCUT2D eigenvalue weighted by atomic mass is 10.2. The molecule has 0 unspecified atom stereocenters. The molecule has 5 nitrogen and oxygen atoms in total. The van der Waals surface area contributed by atoms with Gasteiger partial charge in [0.2, 0.25) is 0 Å². The molecular weight excluding hydrogens is 240 g/mol. The largest absolute Gasteiger partial charge is 0.331 e. The minimum atomic E-state index is -0.220. The molecule has 1 aromatic carbocycles. The van der Waals surface area contributed by atoms with E-state index in [0.29, 0.717) is 22.0 Å². The molecule has 0 spiro atoms. The van der Waals surface area contributed by atoms with Crippen LogP contribution in [0.3, 0.4) is 0 Å². The average Bonchev–Trinajstić information content (AvgIpc) is 2.59. The lowest BCUT2D eigenvalue weighted by molar-refractivity contribution is -0.114. The van der Waals surface area contributed by atoms with Gasteiger partial charge in [-0.2, -0.15) is 10.1 Å². The third kappa shape index (κ3) is 2.15. The van der Waals surface area contributed by atoms with Crippen molar-refractivity contribution >= 4 is 28.9 Å². The van der Waals surface area contributed by atoms with Crippen LogP contribution in [0.5, 0.6) is 0 Å². The molecular formula is C11H11ClN4O. The number of hydrazine groups is 1. The normalized spacial score (nSPS) is 17.6. The minimum Gasteiger partial charge on any atom is -0.331 e. The number of halogens is 1. The Kier molecular flexibility index (Phi) is 3.12. The summed E-state index contributed by atoms with van der Waals surface area (Å²) in [7, 11) is 0. The molecule has 0 saturated carbocycles. The number of anilines is 1. The average molecular weight is 251 g/mol. The highest BCUT2D eigenvalue weighted by Crippen LogP contribution is 2.24. The fourth-order valence-corrected chi connectivity index (χ4v) is 1.65. The van der Waals surface area contributed by atoms with Gasteiger partial charge in [-0.1, -0.05) is 11.6 Å². The molecule has 1 aromatic rings. The molecule has 3 N–H and O–H groups in total. The highest BCUT2D eigenvalue weighted by Gasteiger charge is 2.28. The van der Waals surface area contributed by atoms with Crippen molar-refractivity contribution in [1.29, 1.82) is 0 Å². The number of nitrogens with one attached hydrogen (secondary N) is 1. The number of amides is 1. The van der Waals surface area contributed by atoms with Crippen molar-refractivity contribution in [3.63, 3.8) is 0 Å². The molecule has 0 radical (unpaired) electrons. The van der Waals surface area contributed by atoms with E-state index in [9.17, 15) is 4.79 Å². The van der Waals surface area contributed by atoms with Crippen LogP contribution in [0.25, 0.3) is 0 Å². The maximum absolute atomic E-state index is 12.0. The Balaban J connectivity index is 2.34. The van der Waals surface area contributed by atoms with Gasteiger partial charge in [0.1, 0.15) is 0 Å². The minimum absolute atomic E-state index is 0.220. The first-order valence-corrected chi connectivity index (χ1v) is 5.33. The molecule has 1 aliphatic rings. The number of hydrogen-bond acceptors (Lipinski definition) is 4. The number of hydrazone groups is 1. The van der Waals surface area contributed by atoms with Gasteiger partial charge in [0, 0.05) is 11.2 Å². The molecule has 0 fully saturated rings. The van der Waals surface area contributed by atoms with Crippen LogP contribution in [0.1, 0.15) is 6.92 Å². The SMILES string of the molecule is CC1=NN(c2ccc(Cl)cc2)C(=O)C1=CNN. The predicted octanol–water partition coefficient (Wildman–Crippen LogP) is 1.41. The standard InChI is InChI=1S/C11H11ClN4O/c1-7-10(6-14-13)11(17)16(15-7)9-4-2-8(12)3-5-9/h2-6,14H,13H2,1H3. The second-order valence-electron chi connectivity index (χ2n) is 3.50. The molecule has 1 heterocycles. The third-order valence-corrected chi connectivity index (χ3v) is 2.61. The van der Waals surface area contributed by atoms with E-state index in [4.69, 9.17) is 17.4 Å². The molecule has 17 heavy (non-hydrogen) atoms. The lowest BCUT2D eigenvalue weighted by Gasteiger charge is -2.11. The van der Waals surface area contributed by atoms with Crippen molar-refractivity contribution in [3.8, 4) is 0 Å². The van der Waals surface area contributed by atoms with Crippen molar-refractivity contribution in [2.45, 2.75) is 6.92 Å². The summed E-state index contributed by atoms with van der Waals surface area (Å²) in [6.07, 6.45) is 1.43. The summed E-state index contributed by atoms with van der Waals surface area (Å²) in [5, 5.41) is 6.09. The van der Waals surface area contributed by atoms with Gasteiger partial charge in [0.25, 0.3) is 5.91 Å². The van der Waals surface area contributed by atoms with E-state index in [1.165, 1.54) is 11.2 Å². The van der Waals surface area contributed by atoms with Crippen LogP contribution in [-0.2, 0) is 4.79 Å². The number of nitrogens with zero attached hydrogens (tertiary/aromatic N) is 2. The molecule has 2 rings (SSSR count). The van der Waals surface area contributed by atoms with Gasteiger partial charge in [-0.05, 0) is 31.2 Å². The highest BCUT2D eigenvalue weighted by molar-refractivity contribution is 6.31. The number of hydrogen-bond donors (Lipinski definition) is 2. The van der Waals surface area contributed by atoms with E-state index in [-0.39, 0.29) is 5.91 Å².